The molecular weight excluding hydrogens is 528 g/mol. The minimum Gasteiger partial charge on any atom is -0.496 e. The lowest BCUT2D eigenvalue weighted by atomic mass is 9.74. The summed E-state index contributed by atoms with van der Waals surface area (Å²) in [6.07, 6.45) is -4.74. The van der Waals surface area contributed by atoms with E-state index in [0.717, 1.165) is 28.9 Å². The zero-order valence-corrected chi connectivity index (χ0v) is 21.4. The lowest BCUT2D eigenvalue weighted by Gasteiger charge is -2.38. The highest BCUT2D eigenvalue weighted by Crippen LogP contribution is 2.44. The topological polar surface area (TPSA) is 85.1 Å². The highest BCUT2D eigenvalue weighted by molar-refractivity contribution is 5.87. The summed E-state index contributed by atoms with van der Waals surface area (Å²) in [4.78, 5) is 8.36. The summed E-state index contributed by atoms with van der Waals surface area (Å²) < 4.78 is 90.9. The van der Waals surface area contributed by atoms with Crippen LogP contribution in [0.3, 0.4) is 0 Å². The number of aryl methyl sites for hydroxylation is 1. The Morgan fingerprint density at radius 1 is 1.00 bits per heavy atom. The van der Waals surface area contributed by atoms with Gasteiger partial charge in [-0.2, -0.15) is 18.3 Å². The monoisotopic (exact) mass is 553 g/mol. The number of nitrogens with zero attached hydrogens (tertiary/aromatic N) is 4. The van der Waals surface area contributed by atoms with Gasteiger partial charge in [-0.1, -0.05) is 13.8 Å². The maximum atomic E-state index is 14.4. The molecule has 1 atom stereocenters. The molecule has 2 N–H and O–H groups in total. The van der Waals surface area contributed by atoms with E-state index < -0.39 is 47.6 Å². The Morgan fingerprint density at radius 2 is 1.67 bits per heavy atom. The number of benzene rings is 2. The number of aromatic nitrogens is 4. The van der Waals surface area contributed by atoms with Gasteiger partial charge in [0.25, 0.3) is 0 Å². The van der Waals surface area contributed by atoms with Crippen molar-refractivity contribution in [3.63, 3.8) is 0 Å². The molecule has 4 rings (SSSR count). The summed E-state index contributed by atoms with van der Waals surface area (Å²) in [5.41, 5.74) is -4.61. The first kappa shape index (κ1) is 28.1. The molecule has 0 saturated carbocycles. The molecule has 2 aromatic heterocycles. The van der Waals surface area contributed by atoms with Crippen LogP contribution in [0.15, 0.2) is 42.6 Å². The fourth-order valence-electron chi connectivity index (χ4n) is 4.51. The molecule has 0 aliphatic carbocycles. The molecule has 0 bridgehead atoms. The number of nitrogens with one attached hydrogen (secondary N) is 1. The molecule has 0 saturated heterocycles. The van der Waals surface area contributed by atoms with Gasteiger partial charge >= 0.3 is 6.18 Å². The second-order valence-corrected chi connectivity index (χ2v) is 9.80. The smallest absolute Gasteiger partial charge is 0.418 e. The van der Waals surface area contributed by atoms with Gasteiger partial charge < -0.3 is 15.2 Å². The SMILES string of the molecule is COc1ccc(F)cc1C(C)(C)CC(O)(CNc1nc(C)nc2c1cnn2-c1ccc(F)cc1F)C(F)(F)F. The van der Waals surface area contributed by atoms with Crippen molar-refractivity contribution >= 4 is 16.9 Å². The molecule has 13 heteroatoms. The first-order valence-electron chi connectivity index (χ1n) is 11.7. The fourth-order valence-corrected chi connectivity index (χ4v) is 4.51. The number of ether oxygens (including phenoxy) is 1. The molecule has 0 amide bonds. The number of hydrogen-bond acceptors (Lipinski definition) is 6. The van der Waals surface area contributed by atoms with Gasteiger partial charge in [0.1, 0.15) is 34.7 Å². The lowest BCUT2D eigenvalue weighted by molar-refractivity contribution is -0.260. The average Bonchev–Trinajstić information content (AvgIpc) is 3.25. The van der Waals surface area contributed by atoms with Crippen molar-refractivity contribution in [2.24, 2.45) is 0 Å². The molecule has 0 spiro atoms. The van der Waals surface area contributed by atoms with Crippen LogP contribution < -0.4 is 10.1 Å². The quantitative estimate of drug-likeness (QED) is 0.276. The summed E-state index contributed by atoms with van der Waals surface area (Å²) in [6.45, 7) is 3.32. The van der Waals surface area contributed by atoms with Crippen LogP contribution >= 0.6 is 0 Å². The van der Waals surface area contributed by atoms with Crippen molar-refractivity contribution in [1.82, 2.24) is 19.7 Å². The highest BCUT2D eigenvalue weighted by Gasteiger charge is 2.56. The Kier molecular flexibility index (Phi) is 7.23. The van der Waals surface area contributed by atoms with Crippen LogP contribution in [-0.4, -0.2) is 50.3 Å². The van der Waals surface area contributed by atoms with Crippen molar-refractivity contribution in [2.75, 3.05) is 19.0 Å². The Balaban J connectivity index is 1.70. The summed E-state index contributed by atoms with van der Waals surface area (Å²) in [7, 11) is 1.31. The van der Waals surface area contributed by atoms with Crippen LogP contribution in [0, 0.1) is 24.4 Å². The molecule has 1 unspecified atom stereocenters. The second kappa shape index (κ2) is 10.0. The number of fused-ring (bicyclic) bond motifs is 1. The molecule has 7 nitrogen and oxygen atoms in total. The zero-order valence-electron chi connectivity index (χ0n) is 21.4. The summed E-state index contributed by atoms with van der Waals surface area (Å²) in [6, 6.07) is 6.33. The van der Waals surface area contributed by atoms with E-state index >= 15 is 0 Å². The molecular formula is C26H25F6N5O2. The van der Waals surface area contributed by atoms with Crippen LogP contribution in [0.4, 0.5) is 32.2 Å². The van der Waals surface area contributed by atoms with Crippen molar-refractivity contribution in [2.45, 2.75) is 44.4 Å². The molecule has 0 aliphatic rings. The standard InChI is InChI=1S/C26H25F6N5O2/c1-14-35-22(17-11-34-37(23(17)36-14)20-7-5-16(28)10-19(20)29)33-13-25(38,26(30,31)32)12-24(2,3)18-9-15(27)6-8-21(18)39-4/h5-11,38H,12-13H2,1-4H3,(H,33,35,36). The Bertz CT molecular complexity index is 1520. The summed E-state index contributed by atoms with van der Waals surface area (Å²) in [5, 5.41) is 17.7. The second-order valence-electron chi connectivity index (χ2n) is 9.80. The van der Waals surface area contributed by atoms with E-state index in [0.29, 0.717) is 6.07 Å². The van der Waals surface area contributed by atoms with E-state index in [1.807, 2.05) is 0 Å². The first-order chi connectivity index (χ1) is 18.1. The molecule has 0 radical (unpaired) electrons. The number of halogens is 6. The van der Waals surface area contributed by atoms with E-state index in [2.05, 4.69) is 20.4 Å². The Morgan fingerprint density at radius 3 is 2.31 bits per heavy atom. The summed E-state index contributed by atoms with van der Waals surface area (Å²) in [5.74, 6) is -2.18. The normalized spacial score (nSPS) is 13.9. The van der Waals surface area contributed by atoms with Crippen molar-refractivity contribution in [3.05, 3.63) is 71.4 Å². The van der Waals surface area contributed by atoms with Crippen LogP contribution in [-0.2, 0) is 5.41 Å². The zero-order chi connectivity index (χ0) is 28.8. The fraction of sp³-hybridized carbons (Fsp3) is 0.346. The molecule has 0 fully saturated rings. The third-order valence-electron chi connectivity index (χ3n) is 6.38. The van der Waals surface area contributed by atoms with E-state index in [9.17, 15) is 31.4 Å². The number of rotatable bonds is 8. The van der Waals surface area contributed by atoms with Crippen molar-refractivity contribution in [1.29, 1.82) is 0 Å². The van der Waals surface area contributed by atoms with Gasteiger partial charge in [-0.25, -0.2) is 27.8 Å². The minimum atomic E-state index is -5.10. The van der Waals surface area contributed by atoms with E-state index in [1.54, 1.807) is 0 Å². The van der Waals surface area contributed by atoms with Gasteiger partial charge in [-0.3, -0.25) is 0 Å². The minimum absolute atomic E-state index is 0.0517. The van der Waals surface area contributed by atoms with Gasteiger partial charge in [0.2, 0.25) is 0 Å². The predicted octanol–water partition coefficient (Wildman–Crippen LogP) is 5.62. The summed E-state index contributed by atoms with van der Waals surface area (Å²) >= 11 is 0. The number of methoxy groups -OCH3 is 1. The number of alkyl halides is 3. The van der Waals surface area contributed by atoms with E-state index in [4.69, 9.17) is 4.74 Å². The van der Waals surface area contributed by atoms with E-state index in [-0.39, 0.29) is 39.7 Å². The molecule has 208 valence electrons. The third-order valence-corrected chi connectivity index (χ3v) is 6.38. The predicted molar refractivity (Wildman–Crippen MR) is 131 cm³/mol. The number of aliphatic hydroxyl groups is 1. The van der Waals surface area contributed by atoms with Crippen LogP contribution in [0.5, 0.6) is 5.75 Å². The first-order valence-corrected chi connectivity index (χ1v) is 11.7. The van der Waals surface area contributed by atoms with Gasteiger partial charge in [-0.15, -0.1) is 0 Å². The van der Waals surface area contributed by atoms with Crippen molar-refractivity contribution in [3.8, 4) is 11.4 Å². The Labute approximate surface area is 219 Å². The highest BCUT2D eigenvalue weighted by atomic mass is 19.4. The molecule has 4 aromatic rings. The molecule has 2 heterocycles. The van der Waals surface area contributed by atoms with Gasteiger partial charge in [0.05, 0.1) is 25.2 Å². The van der Waals surface area contributed by atoms with E-state index in [1.165, 1.54) is 40.1 Å². The average molecular weight is 554 g/mol. The van der Waals surface area contributed by atoms with Gasteiger partial charge in [-0.05, 0) is 49.1 Å². The van der Waals surface area contributed by atoms with Crippen LogP contribution in [0.1, 0.15) is 31.7 Å². The van der Waals surface area contributed by atoms with Gasteiger partial charge in [0.15, 0.2) is 17.1 Å². The lowest BCUT2D eigenvalue weighted by Crippen LogP contribution is -2.53. The van der Waals surface area contributed by atoms with Crippen LogP contribution in [0.2, 0.25) is 0 Å². The van der Waals surface area contributed by atoms with Crippen molar-refractivity contribution < 1.29 is 36.2 Å². The van der Waals surface area contributed by atoms with Gasteiger partial charge in [0, 0.05) is 11.6 Å². The molecule has 39 heavy (non-hydrogen) atoms. The molecule has 2 aromatic carbocycles. The largest absolute Gasteiger partial charge is 0.496 e. The maximum Gasteiger partial charge on any atom is 0.418 e. The van der Waals surface area contributed by atoms with Crippen LogP contribution in [0.25, 0.3) is 16.7 Å². The molecule has 0 aliphatic heterocycles. The maximum absolute atomic E-state index is 14.4. The Hall–Kier alpha value is -3.87. The number of hydrogen-bond donors (Lipinski definition) is 2. The third kappa shape index (κ3) is 5.49. The number of anilines is 1.